The van der Waals surface area contributed by atoms with Crippen LogP contribution >= 0.6 is 0 Å². The maximum atomic E-state index is 13.2. The second-order valence-corrected chi connectivity index (χ2v) is 11.0. The summed E-state index contributed by atoms with van der Waals surface area (Å²) in [5.41, 5.74) is 0.946. The van der Waals surface area contributed by atoms with Crippen LogP contribution in [0, 0.1) is 0 Å². The lowest BCUT2D eigenvalue weighted by molar-refractivity contribution is -0.117. The zero-order valence-electron chi connectivity index (χ0n) is 18.6. The number of hydrogen-bond donors (Lipinski definition) is 2. The Morgan fingerprint density at radius 2 is 1.50 bits per heavy atom. The van der Waals surface area contributed by atoms with Gasteiger partial charge in [0.1, 0.15) is 5.75 Å². The Labute approximate surface area is 199 Å². The Morgan fingerprint density at radius 3 is 2.03 bits per heavy atom. The predicted octanol–water partition coefficient (Wildman–Crippen LogP) is 2.73. The Kier molecular flexibility index (Phi) is 7.72. The first-order valence-electron chi connectivity index (χ1n) is 10.1. The van der Waals surface area contributed by atoms with E-state index in [4.69, 9.17) is 9.88 Å². The molecular formula is C23H25N3O6S2. The van der Waals surface area contributed by atoms with Crippen LogP contribution in [0.25, 0.3) is 0 Å². The first-order valence-corrected chi connectivity index (χ1v) is 13.1. The monoisotopic (exact) mass is 503 g/mol. The van der Waals surface area contributed by atoms with E-state index in [0.29, 0.717) is 17.0 Å². The topological polar surface area (TPSA) is 136 Å². The summed E-state index contributed by atoms with van der Waals surface area (Å²) in [4.78, 5) is 12.9. The molecule has 9 nitrogen and oxygen atoms in total. The molecule has 0 unspecified atom stereocenters. The minimum atomic E-state index is -3.90. The fourth-order valence-corrected chi connectivity index (χ4v) is 5.20. The number of ether oxygens (including phenoxy) is 1. The molecule has 0 aliphatic heterocycles. The highest BCUT2D eigenvalue weighted by Crippen LogP contribution is 2.30. The first kappa shape index (κ1) is 25.4. The Balaban J connectivity index is 1.88. The number of amides is 1. The summed E-state index contributed by atoms with van der Waals surface area (Å²) in [6.45, 7) is 0. The van der Waals surface area contributed by atoms with Gasteiger partial charge in [0.05, 0.1) is 22.9 Å². The minimum Gasteiger partial charge on any atom is -0.497 e. The fraction of sp³-hybridized carbons (Fsp3) is 0.174. The zero-order valence-corrected chi connectivity index (χ0v) is 20.2. The van der Waals surface area contributed by atoms with Gasteiger partial charge >= 0.3 is 0 Å². The van der Waals surface area contributed by atoms with Gasteiger partial charge in [0.15, 0.2) is 0 Å². The van der Waals surface area contributed by atoms with Crippen molar-refractivity contribution in [3.63, 3.8) is 0 Å². The maximum Gasteiger partial charge on any atom is 0.243 e. The number of anilines is 1. The molecule has 180 valence electrons. The molecule has 11 heteroatoms. The van der Waals surface area contributed by atoms with E-state index in [1.165, 1.54) is 50.6 Å². The molecule has 3 N–H and O–H groups in total. The molecule has 0 saturated carbocycles. The van der Waals surface area contributed by atoms with Gasteiger partial charge in [-0.05, 0) is 54.1 Å². The molecule has 3 aromatic rings. The number of methoxy groups -OCH3 is 1. The summed E-state index contributed by atoms with van der Waals surface area (Å²) >= 11 is 0. The molecule has 0 radical (unpaired) electrons. The second kappa shape index (κ2) is 10.3. The lowest BCUT2D eigenvalue weighted by Gasteiger charge is -2.28. The third kappa shape index (κ3) is 6.00. The summed E-state index contributed by atoms with van der Waals surface area (Å²) in [7, 11) is -4.82. The van der Waals surface area contributed by atoms with E-state index in [-0.39, 0.29) is 16.2 Å². The van der Waals surface area contributed by atoms with E-state index >= 15 is 0 Å². The van der Waals surface area contributed by atoms with Crippen LogP contribution in [0.2, 0.25) is 0 Å². The van der Waals surface area contributed by atoms with Crippen LogP contribution < -0.4 is 15.2 Å². The summed E-state index contributed by atoms with van der Waals surface area (Å²) in [5, 5.41) is 7.76. The summed E-state index contributed by atoms with van der Waals surface area (Å²) < 4.78 is 55.7. The highest BCUT2D eigenvalue weighted by molar-refractivity contribution is 7.89. The molecule has 0 aliphatic carbocycles. The van der Waals surface area contributed by atoms with Gasteiger partial charge < -0.3 is 10.1 Å². The van der Waals surface area contributed by atoms with Gasteiger partial charge in [-0.3, -0.25) is 4.79 Å². The van der Waals surface area contributed by atoms with Gasteiger partial charge in [0.2, 0.25) is 26.0 Å². The lowest BCUT2D eigenvalue weighted by Crippen LogP contribution is -2.33. The molecule has 0 fully saturated rings. The number of nitrogens with zero attached hydrogens (tertiary/aromatic N) is 1. The molecule has 0 heterocycles. The molecule has 0 saturated heterocycles. The summed E-state index contributed by atoms with van der Waals surface area (Å²) in [6.07, 6.45) is -0.189. The molecule has 0 aliphatic rings. The Morgan fingerprint density at radius 1 is 0.912 bits per heavy atom. The van der Waals surface area contributed by atoms with Crippen LogP contribution in [0.5, 0.6) is 5.75 Å². The summed E-state index contributed by atoms with van der Waals surface area (Å²) in [5.74, 6) is 0.134. The molecule has 3 aromatic carbocycles. The highest BCUT2D eigenvalue weighted by atomic mass is 32.2. The minimum absolute atomic E-state index is 0.0877. The smallest absolute Gasteiger partial charge is 0.243 e. The van der Waals surface area contributed by atoms with Crippen molar-refractivity contribution in [3.05, 3.63) is 84.4 Å². The SMILES string of the molecule is COc1ccc([C@@H](CC(=O)Nc2ccc(S(N)(=O)=O)cc2)N(C)S(=O)(=O)c2ccccc2)cc1. The molecule has 3 rings (SSSR count). The number of benzene rings is 3. The first-order chi connectivity index (χ1) is 16.0. The maximum absolute atomic E-state index is 13.2. The molecule has 1 atom stereocenters. The van der Waals surface area contributed by atoms with Crippen molar-refractivity contribution in [2.24, 2.45) is 5.14 Å². The highest BCUT2D eigenvalue weighted by Gasteiger charge is 2.31. The normalized spacial score (nSPS) is 12.8. The van der Waals surface area contributed by atoms with Crippen LogP contribution in [0.1, 0.15) is 18.0 Å². The lowest BCUT2D eigenvalue weighted by atomic mass is 10.0. The number of hydrogen-bond acceptors (Lipinski definition) is 6. The summed E-state index contributed by atoms with van der Waals surface area (Å²) in [6, 6.07) is 19.3. The van der Waals surface area contributed by atoms with E-state index in [9.17, 15) is 21.6 Å². The van der Waals surface area contributed by atoms with Gasteiger partial charge in [-0.25, -0.2) is 22.0 Å². The number of primary sulfonamides is 1. The van der Waals surface area contributed by atoms with E-state index in [2.05, 4.69) is 5.32 Å². The standard InChI is InChI=1S/C23H25N3O6S2/c1-26(34(30,31)21-6-4-3-5-7-21)22(17-8-12-19(32-2)13-9-17)16-23(27)25-18-10-14-20(15-11-18)33(24,28)29/h3-15,22H,16H2,1-2H3,(H,25,27)(H2,24,28,29)/t22-/m1/s1. The van der Waals surface area contributed by atoms with E-state index < -0.39 is 32.0 Å². The average Bonchev–Trinajstić information content (AvgIpc) is 2.82. The van der Waals surface area contributed by atoms with Crippen molar-refractivity contribution >= 4 is 31.6 Å². The third-order valence-electron chi connectivity index (χ3n) is 5.21. The van der Waals surface area contributed by atoms with Crippen molar-refractivity contribution in [3.8, 4) is 5.75 Å². The quantitative estimate of drug-likeness (QED) is 0.461. The van der Waals surface area contributed by atoms with Gasteiger partial charge in [-0.15, -0.1) is 0 Å². The number of rotatable bonds is 9. The van der Waals surface area contributed by atoms with E-state index in [0.717, 1.165) is 4.31 Å². The predicted molar refractivity (Wildman–Crippen MR) is 128 cm³/mol. The van der Waals surface area contributed by atoms with Crippen LogP contribution in [0.4, 0.5) is 5.69 Å². The second-order valence-electron chi connectivity index (χ2n) is 7.44. The Bertz CT molecular complexity index is 1340. The Hall–Kier alpha value is -3.25. The van der Waals surface area contributed by atoms with Crippen LogP contribution in [-0.4, -0.2) is 41.2 Å². The number of nitrogens with two attached hydrogens (primary N) is 1. The average molecular weight is 504 g/mol. The van der Waals surface area contributed by atoms with Crippen molar-refractivity contribution in [1.29, 1.82) is 0 Å². The fourth-order valence-electron chi connectivity index (χ4n) is 3.32. The molecule has 0 bridgehead atoms. The van der Waals surface area contributed by atoms with Crippen LogP contribution in [0.15, 0.2) is 88.7 Å². The van der Waals surface area contributed by atoms with Crippen molar-refractivity contribution in [2.75, 3.05) is 19.5 Å². The molecular weight excluding hydrogens is 478 g/mol. The van der Waals surface area contributed by atoms with Crippen LogP contribution in [-0.2, 0) is 24.8 Å². The third-order valence-corrected chi connectivity index (χ3v) is 8.01. The largest absolute Gasteiger partial charge is 0.497 e. The van der Waals surface area contributed by atoms with Gasteiger partial charge in [-0.2, -0.15) is 4.31 Å². The van der Waals surface area contributed by atoms with Crippen molar-refractivity contribution in [2.45, 2.75) is 22.3 Å². The van der Waals surface area contributed by atoms with Crippen LogP contribution in [0.3, 0.4) is 0 Å². The van der Waals surface area contributed by atoms with E-state index in [1.54, 1.807) is 42.5 Å². The van der Waals surface area contributed by atoms with E-state index in [1.807, 2.05) is 0 Å². The van der Waals surface area contributed by atoms with Crippen molar-refractivity contribution < 1.29 is 26.4 Å². The number of carbonyl (C=O) groups excluding carboxylic acids is 1. The number of nitrogens with one attached hydrogen (secondary N) is 1. The molecule has 34 heavy (non-hydrogen) atoms. The van der Waals surface area contributed by atoms with Gasteiger partial charge in [0, 0.05) is 19.2 Å². The number of sulfonamides is 2. The zero-order chi connectivity index (χ0) is 24.9. The molecule has 1 amide bonds. The number of carbonyl (C=O) groups is 1. The van der Waals surface area contributed by atoms with Crippen molar-refractivity contribution in [1.82, 2.24) is 4.31 Å². The molecule has 0 spiro atoms. The van der Waals surface area contributed by atoms with Gasteiger partial charge in [-0.1, -0.05) is 30.3 Å². The van der Waals surface area contributed by atoms with Gasteiger partial charge in [0.25, 0.3) is 0 Å². The molecule has 0 aromatic heterocycles.